The van der Waals surface area contributed by atoms with Gasteiger partial charge in [0, 0.05) is 26.7 Å². The second kappa shape index (κ2) is 6.31. The van der Waals surface area contributed by atoms with Crippen LogP contribution in [0.15, 0.2) is 82.1 Å². The first-order chi connectivity index (χ1) is 13.1. The van der Waals surface area contributed by atoms with Crippen molar-refractivity contribution in [1.82, 2.24) is 0 Å². The Bertz CT molecular complexity index is 1320. The summed E-state index contributed by atoms with van der Waals surface area (Å²) in [5, 5.41) is 4.92. The lowest BCUT2D eigenvalue weighted by Gasteiger charge is -2.12. The lowest BCUT2D eigenvalue weighted by Crippen LogP contribution is -2.00. The molecule has 0 saturated carbocycles. The molecule has 132 valence electrons. The van der Waals surface area contributed by atoms with Crippen molar-refractivity contribution in [1.29, 1.82) is 0 Å². The first kappa shape index (κ1) is 16.7. The van der Waals surface area contributed by atoms with E-state index in [1.54, 1.807) is 12.3 Å². The highest BCUT2D eigenvalue weighted by Gasteiger charge is 2.19. The van der Waals surface area contributed by atoms with Gasteiger partial charge in [-0.1, -0.05) is 54.1 Å². The monoisotopic (exact) mass is 390 g/mol. The Hall–Kier alpha value is -2.46. The van der Waals surface area contributed by atoms with Gasteiger partial charge in [-0.3, -0.25) is 0 Å². The van der Waals surface area contributed by atoms with Crippen LogP contribution in [0.2, 0.25) is 5.02 Å². The van der Waals surface area contributed by atoms with E-state index in [1.165, 1.54) is 0 Å². The second-order valence-electron chi connectivity index (χ2n) is 6.54. The Morgan fingerprint density at radius 2 is 1.70 bits per heavy atom. The van der Waals surface area contributed by atoms with Crippen LogP contribution in [0, 0.1) is 0 Å². The summed E-state index contributed by atoms with van der Waals surface area (Å²) in [6, 6.07) is 23.9. The molecule has 0 spiro atoms. The van der Waals surface area contributed by atoms with Gasteiger partial charge in [-0.2, -0.15) is 0 Å². The normalized spacial score (nSPS) is 12.9. The van der Waals surface area contributed by atoms with Crippen LogP contribution >= 0.6 is 11.6 Å². The number of benzene rings is 4. The van der Waals surface area contributed by atoms with E-state index >= 15 is 0 Å². The average molecular weight is 391 g/mol. The van der Waals surface area contributed by atoms with Crippen molar-refractivity contribution in [2.24, 2.45) is 0 Å². The summed E-state index contributed by atoms with van der Waals surface area (Å²) in [4.78, 5) is 0.766. The van der Waals surface area contributed by atoms with Gasteiger partial charge in [0.15, 0.2) is 4.90 Å². The van der Waals surface area contributed by atoms with E-state index in [2.05, 4.69) is 24.3 Å². The zero-order valence-electron chi connectivity index (χ0n) is 14.5. The van der Waals surface area contributed by atoms with Crippen LogP contribution in [0.3, 0.4) is 0 Å². The quantitative estimate of drug-likeness (QED) is 0.311. The van der Waals surface area contributed by atoms with E-state index < -0.39 is 11.2 Å². The number of rotatable bonds is 2. The second-order valence-corrected chi connectivity index (χ2v) is 8.32. The van der Waals surface area contributed by atoms with Crippen molar-refractivity contribution in [3.63, 3.8) is 0 Å². The van der Waals surface area contributed by atoms with E-state index in [9.17, 15) is 4.55 Å². The summed E-state index contributed by atoms with van der Waals surface area (Å²) in [5.74, 6) is 0. The molecule has 5 rings (SSSR count). The zero-order chi connectivity index (χ0) is 18.5. The lowest BCUT2D eigenvalue weighted by atomic mass is 9.98. The Kier molecular flexibility index (Phi) is 3.90. The van der Waals surface area contributed by atoms with Crippen LogP contribution in [0.25, 0.3) is 43.8 Å². The molecule has 0 bridgehead atoms. The minimum Gasteiger partial charge on any atom is -0.612 e. The molecule has 0 aliphatic heterocycles. The fourth-order valence-corrected chi connectivity index (χ4v) is 4.65. The standard InChI is InChI=1S/C23H15ClO2S/c1-27(25)21-12-10-15(24)13-19(21)17-7-4-8-20-22(17)18-11-9-14-5-2-3-6-16(14)23(18)26-20/h2-13H,1H3. The molecule has 0 amide bonds. The molecule has 2 nitrogen and oxygen atoms in total. The van der Waals surface area contributed by atoms with E-state index in [1.807, 2.05) is 42.5 Å². The number of hydrogen-bond acceptors (Lipinski definition) is 2. The van der Waals surface area contributed by atoms with Crippen LogP contribution in [0.1, 0.15) is 0 Å². The Balaban J connectivity index is 1.92. The molecule has 27 heavy (non-hydrogen) atoms. The summed E-state index contributed by atoms with van der Waals surface area (Å²) in [6.07, 6.45) is 1.69. The van der Waals surface area contributed by atoms with Gasteiger partial charge >= 0.3 is 0 Å². The number of halogens is 1. The third-order valence-corrected chi connectivity index (χ3v) is 6.14. The molecule has 0 aliphatic carbocycles. The molecular formula is C23H15ClO2S. The number of hydrogen-bond donors (Lipinski definition) is 0. The van der Waals surface area contributed by atoms with Gasteiger partial charge in [-0.15, -0.1) is 0 Å². The average Bonchev–Trinajstić information content (AvgIpc) is 3.07. The van der Waals surface area contributed by atoms with E-state index in [4.69, 9.17) is 16.0 Å². The highest BCUT2D eigenvalue weighted by molar-refractivity contribution is 7.90. The minimum absolute atomic E-state index is 0.620. The van der Waals surface area contributed by atoms with Gasteiger partial charge in [0.2, 0.25) is 0 Å². The molecule has 1 aromatic heterocycles. The van der Waals surface area contributed by atoms with E-state index in [0.717, 1.165) is 48.7 Å². The third-order valence-electron chi connectivity index (χ3n) is 4.93. The third kappa shape index (κ3) is 2.62. The molecule has 4 aromatic carbocycles. The van der Waals surface area contributed by atoms with Gasteiger partial charge in [-0.05, 0) is 52.5 Å². The molecule has 1 atom stereocenters. The van der Waals surface area contributed by atoms with Crippen LogP contribution in [0.4, 0.5) is 0 Å². The van der Waals surface area contributed by atoms with Crippen molar-refractivity contribution in [3.05, 3.63) is 77.8 Å². The molecular weight excluding hydrogens is 376 g/mol. The summed E-state index contributed by atoms with van der Waals surface area (Å²) < 4.78 is 18.6. The van der Waals surface area contributed by atoms with Gasteiger partial charge in [0.25, 0.3) is 0 Å². The van der Waals surface area contributed by atoms with Crippen molar-refractivity contribution in [2.75, 3.05) is 6.26 Å². The molecule has 1 unspecified atom stereocenters. The van der Waals surface area contributed by atoms with Crippen LogP contribution in [0.5, 0.6) is 0 Å². The molecule has 0 saturated heterocycles. The van der Waals surface area contributed by atoms with Crippen LogP contribution in [-0.2, 0) is 11.2 Å². The van der Waals surface area contributed by atoms with Gasteiger partial charge in [-0.25, -0.2) is 0 Å². The van der Waals surface area contributed by atoms with Crippen molar-refractivity contribution in [3.8, 4) is 11.1 Å². The van der Waals surface area contributed by atoms with E-state index in [-0.39, 0.29) is 0 Å². The predicted octanol–water partition coefficient (Wildman–Crippen LogP) is 6.80. The number of furan rings is 1. The fourth-order valence-electron chi connectivity index (χ4n) is 3.74. The van der Waals surface area contributed by atoms with E-state index in [0.29, 0.717) is 5.02 Å². The molecule has 5 aromatic rings. The number of fused-ring (bicyclic) bond motifs is 5. The smallest absolute Gasteiger partial charge is 0.160 e. The SMILES string of the molecule is C[S+]([O-])c1ccc(Cl)cc1-c1cccc2oc3c4ccccc4ccc3c12. The maximum atomic E-state index is 12.3. The highest BCUT2D eigenvalue weighted by Crippen LogP contribution is 2.41. The molecule has 0 N–H and O–H groups in total. The Labute approximate surface area is 164 Å². The van der Waals surface area contributed by atoms with Gasteiger partial charge < -0.3 is 8.97 Å². The van der Waals surface area contributed by atoms with Gasteiger partial charge in [0.1, 0.15) is 17.4 Å². The predicted molar refractivity (Wildman–Crippen MR) is 114 cm³/mol. The first-order valence-electron chi connectivity index (χ1n) is 8.60. The summed E-state index contributed by atoms with van der Waals surface area (Å²) >= 11 is 5.15. The molecule has 4 heteroatoms. The maximum Gasteiger partial charge on any atom is 0.160 e. The lowest BCUT2D eigenvalue weighted by molar-refractivity contribution is 0.601. The largest absolute Gasteiger partial charge is 0.612 e. The first-order valence-corrected chi connectivity index (χ1v) is 10.5. The molecule has 0 aliphatic rings. The molecule has 0 radical (unpaired) electrons. The van der Waals surface area contributed by atoms with Crippen LogP contribution < -0.4 is 0 Å². The van der Waals surface area contributed by atoms with Gasteiger partial charge in [0.05, 0.1) is 0 Å². The zero-order valence-corrected chi connectivity index (χ0v) is 16.1. The van der Waals surface area contributed by atoms with Crippen LogP contribution in [-0.4, -0.2) is 10.8 Å². The summed E-state index contributed by atoms with van der Waals surface area (Å²) in [6.45, 7) is 0. The minimum atomic E-state index is -1.13. The molecule has 0 fully saturated rings. The fraction of sp³-hybridized carbons (Fsp3) is 0.0435. The highest BCUT2D eigenvalue weighted by atomic mass is 35.5. The summed E-state index contributed by atoms with van der Waals surface area (Å²) in [7, 11) is 0. The molecule has 1 heterocycles. The van der Waals surface area contributed by atoms with Crippen molar-refractivity contribution < 1.29 is 8.97 Å². The Morgan fingerprint density at radius 1 is 0.852 bits per heavy atom. The van der Waals surface area contributed by atoms with Crippen molar-refractivity contribution in [2.45, 2.75) is 4.90 Å². The topological polar surface area (TPSA) is 36.2 Å². The Morgan fingerprint density at radius 3 is 2.56 bits per heavy atom. The summed E-state index contributed by atoms with van der Waals surface area (Å²) in [5.41, 5.74) is 3.54. The maximum absolute atomic E-state index is 12.3. The van der Waals surface area contributed by atoms with Crippen molar-refractivity contribution >= 4 is 55.5 Å².